The van der Waals surface area contributed by atoms with Gasteiger partial charge in [-0.2, -0.15) is 4.99 Å². The average Bonchev–Trinajstić information content (AvgIpc) is 3.23. The van der Waals surface area contributed by atoms with Crippen molar-refractivity contribution in [2.75, 3.05) is 36.7 Å². The fourth-order valence-corrected chi connectivity index (χ4v) is 5.88. The smallest absolute Gasteiger partial charge is 0.337 e. The van der Waals surface area contributed by atoms with E-state index in [4.69, 9.17) is 9.47 Å². The van der Waals surface area contributed by atoms with E-state index in [1.165, 1.54) is 30.2 Å². The van der Waals surface area contributed by atoms with Crippen molar-refractivity contribution in [3.05, 3.63) is 58.4 Å². The summed E-state index contributed by atoms with van der Waals surface area (Å²) in [5.74, 6) is -1.24. The summed E-state index contributed by atoms with van der Waals surface area (Å²) in [7, 11) is 1.30. The lowest BCUT2D eigenvalue weighted by atomic mass is 10.0. The molecule has 1 aromatic heterocycles. The number of para-hydroxylation sites is 1. The van der Waals surface area contributed by atoms with Gasteiger partial charge in [-0.1, -0.05) is 29.5 Å². The number of methoxy groups -OCH3 is 1. The van der Waals surface area contributed by atoms with Gasteiger partial charge in [0, 0.05) is 12.2 Å². The van der Waals surface area contributed by atoms with E-state index in [2.05, 4.69) is 4.99 Å². The van der Waals surface area contributed by atoms with Crippen molar-refractivity contribution in [3.8, 4) is 0 Å². The zero-order valence-electron chi connectivity index (χ0n) is 20.6. The van der Waals surface area contributed by atoms with Gasteiger partial charge in [-0.15, -0.1) is 11.8 Å². The third kappa shape index (κ3) is 6.28. The second-order valence-electron chi connectivity index (χ2n) is 8.23. The second-order valence-corrected chi connectivity index (χ2v) is 10.2. The van der Waals surface area contributed by atoms with Crippen LogP contribution in [0.1, 0.15) is 29.3 Å². The molecule has 2 aromatic carbocycles. The number of rotatable bonds is 8. The number of fused-ring (bicyclic) bond motifs is 2. The first kappa shape index (κ1) is 26.6. The van der Waals surface area contributed by atoms with E-state index in [9.17, 15) is 19.2 Å². The predicted molar refractivity (Wildman–Crippen MR) is 143 cm³/mol. The molecule has 2 amide bonds. The lowest BCUT2D eigenvalue weighted by Crippen LogP contribution is -2.36. The van der Waals surface area contributed by atoms with Gasteiger partial charge in [0.15, 0.2) is 4.80 Å². The van der Waals surface area contributed by atoms with E-state index in [0.29, 0.717) is 27.1 Å². The maximum absolute atomic E-state index is 12.8. The number of thiazole rings is 1. The van der Waals surface area contributed by atoms with Gasteiger partial charge in [0.05, 0.1) is 41.0 Å². The fraction of sp³-hybridized carbons (Fsp3) is 0.346. The van der Waals surface area contributed by atoms with Gasteiger partial charge >= 0.3 is 11.9 Å². The molecule has 1 aliphatic rings. The number of benzene rings is 2. The van der Waals surface area contributed by atoms with Crippen LogP contribution in [0.2, 0.25) is 0 Å². The number of esters is 2. The summed E-state index contributed by atoms with van der Waals surface area (Å²) in [6, 6.07) is 12.8. The van der Waals surface area contributed by atoms with Crippen molar-refractivity contribution < 1.29 is 28.7 Å². The normalized spacial score (nSPS) is 13.4. The second kappa shape index (κ2) is 12.2. The quantitative estimate of drug-likeness (QED) is 0.403. The van der Waals surface area contributed by atoms with Crippen LogP contribution in [0.25, 0.3) is 10.2 Å². The molecule has 0 saturated heterocycles. The lowest BCUT2D eigenvalue weighted by Gasteiger charge is -2.29. The molecule has 0 fully saturated rings. The van der Waals surface area contributed by atoms with Crippen LogP contribution in [-0.4, -0.2) is 60.1 Å². The standard InChI is InChI=1S/C26H27N3O6S2/c1-3-35-24(32)14-29-20-11-10-18(25(33)34-2)13-21(20)37-26(29)27-22(30)15-36-16-23(31)28-12-6-8-17-7-4-5-9-19(17)28/h4-5,7,9-11,13H,3,6,8,12,14-16H2,1-2H3. The average molecular weight is 542 g/mol. The molecule has 0 unspecified atom stereocenters. The number of carbonyl (C=O) groups is 4. The van der Waals surface area contributed by atoms with Crippen molar-refractivity contribution in [3.63, 3.8) is 0 Å². The van der Waals surface area contributed by atoms with Crippen molar-refractivity contribution in [2.24, 2.45) is 4.99 Å². The zero-order valence-corrected chi connectivity index (χ0v) is 22.2. The highest BCUT2D eigenvalue weighted by Gasteiger charge is 2.22. The first-order valence-electron chi connectivity index (χ1n) is 11.8. The van der Waals surface area contributed by atoms with Gasteiger partial charge in [0.2, 0.25) is 5.91 Å². The van der Waals surface area contributed by atoms with Gasteiger partial charge in [0.25, 0.3) is 5.91 Å². The number of hydrogen-bond donors (Lipinski definition) is 0. The Morgan fingerprint density at radius 3 is 2.70 bits per heavy atom. The van der Waals surface area contributed by atoms with E-state index in [-0.39, 0.29) is 30.6 Å². The van der Waals surface area contributed by atoms with E-state index in [1.807, 2.05) is 24.3 Å². The van der Waals surface area contributed by atoms with Crippen molar-refractivity contribution in [2.45, 2.75) is 26.3 Å². The van der Waals surface area contributed by atoms with Crippen molar-refractivity contribution >= 4 is 62.8 Å². The fourth-order valence-electron chi connectivity index (χ4n) is 4.13. The molecule has 9 nitrogen and oxygen atoms in total. The lowest BCUT2D eigenvalue weighted by molar-refractivity contribution is -0.143. The molecule has 2 heterocycles. The number of anilines is 1. The number of thioether (sulfide) groups is 1. The van der Waals surface area contributed by atoms with Crippen LogP contribution in [0, 0.1) is 0 Å². The van der Waals surface area contributed by atoms with Crippen LogP contribution in [0.3, 0.4) is 0 Å². The minimum absolute atomic E-state index is 0.0162. The zero-order chi connectivity index (χ0) is 26.4. The summed E-state index contributed by atoms with van der Waals surface area (Å²) < 4.78 is 12.1. The number of carbonyl (C=O) groups excluding carboxylic acids is 4. The van der Waals surface area contributed by atoms with Gasteiger partial charge in [-0.05, 0) is 49.6 Å². The summed E-state index contributed by atoms with van der Waals surface area (Å²) in [6.07, 6.45) is 1.86. The van der Waals surface area contributed by atoms with E-state index in [0.717, 1.165) is 24.1 Å². The van der Waals surface area contributed by atoms with Gasteiger partial charge in [-0.3, -0.25) is 14.4 Å². The molecular weight excluding hydrogens is 514 g/mol. The first-order chi connectivity index (χ1) is 17.9. The molecule has 194 valence electrons. The Morgan fingerprint density at radius 2 is 1.92 bits per heavy atom. The molecule has 0 radical (unpaired) electrons. The Morgan fingerprint density at radius 1 is 1.11 bits per heavy atom. The molecule has 0 bridgehead atoms. The number of hydrogen-bond acceptors (Lipinski definition) is 8. The summed E-state index contributed by atoms with van der Waals surface area (Å²) >= 11 is 2.39. The van der Waals surface area contributed by atoms with Crippen LogP contribution >= 0.6 is 23.1 Å². The van der Waals surface area contributed by atoms with Crippen LogP contribution in [0.15, 0.2) is 47.5 Å². The Balaban J connectivity index is 1.50. The Bertz CT molecular complexity index is 1410. The minimum Gasteiger partial charge on any atom is -0.465 e. The predicted octanol–water partition coefficient (Wildman–Crippen LogP) is 3.19. The number of aryl methyl sites for hydroxylation is 1. The molecule has 0 aliphatic carbocycles. The highest BCUT2D eigenvalue weighted by Crippen LogP contribution is 2.27. The third-order valence-electron chi connectivity index (χ3n) is 5.78. The first-order valence-corrected chi connectivity index (χ1v) is 13.8. The molecule has 4 rings (SSSR count). The molecule has 0 atom stereocenters. The van der Waals surface area contributed by atoms with E-state index < -0.39 is 17.8 Å². The topological polar surface area (TPSA) is 107 Å². The molecule has 1 aliphatic heterocycles. The molecule has 3 aromatic rings. The van der Waals surface area contributed by atoms with Gasteiger partial charge < -0.3 is 18.9 Å². The monoisotopic (exact) mass is 541 g/mol. The number of ether oxygens (including phenoxy) is 2. The third-order valence-corrected chi connectivity index (χ3v) is 7.72. The number of amides is 2. The van der Waals surface area contributed by atoms with Crippen LogP contribution in [0.4, 0.5) is 5.69 Å². The van der Waals surface area contributed by atoms with E-state index in [1.54, 1.807) is 34.6 Å². The largest absolute Gasteiger partial charge is 0.465 e. The Labute approximate surface area is 222 Å². The molecular formula is C26H27N3O6S2. The maximum Gasteiger partial charge on any atom is 0.337 e. The Kier molecular flexibility index (Phi) is 8.78. The number of aromatic nitrogens is 1. The molecule has 0 saturated carbocycles. The number of nitrogens with zero attached hydrogens (tertiary/aromatic N) is 3. The van der Waals surface area contributed by atoms with Gasteiger partial charge in [0.1, 0.15) is 6.54 Å². The molecule has 0 N–H and O–H groups in total. The van der Waals surface area contributed by atoms with E-state index >= 15 is 0 Å². The molecule has 0 spiro atoms. The van der Waals surface area contributed by atoms with Crippen molar-refractivity contribution in [1.29, 1.82) is 0 Å². The Hall–Kier alpha value is -3.44. The summed E-state index contributed by atoms with van der Waals surface area (Å²) in [4.78, 5) is 56.0. The summed E-state index contributed by atoms with van der Waals surface area (Å²) in [5.41, 5.74) is 3.09. The van der Waals surface area contributed by atoms with Gasteiger partial charge in [-0.25, -0.2) is 4.79 Å². The maximum atomic E-state index is 12.8. The highest BCUT2D eigenvalue weighted by atomic mass is 32.2. The van der Waals surface area contributed by atoms with Crippen LogP contribution < -0.4 is 9.70 Å². The minimum atomic E-state index is -0.487. The summed E-state index contributed by atoms with van der Waals surface area (Å²) in [5, 5.41) is 0. The molecule has 11 heteroatoms. The van der Waals surface area contributed by atoms with Crippen LogP contribution in [-0.2, 0) is 36.8 Å². The molecule has 37 heavy (non-hydrogen) atoms. The summed E-state index contributed by atoms with van der Waals surface area (Å²) in [6.45, 7) is 2.48. The highest BCUT2D eigenvalue weighted by molar-refractivity contribution is 8.00. The SMILES string of the molecule is CCOC(=O)Cn1c(=NC(=O)CSCC(=O)N2CCCc3ccccc32)sc2cc(C(=O)OC)ccc21. The van der Waals surface area contributed by atoms with Crippen molar-refractivity contribution in [1.82, 2.24) is 4.57 Å². The van der Waals surface area contributed by atoms with Crippen LogP contribution in [0.5, 0.6) is 0 Å².